The Labute approximate surface area is 184 Å². The van der Waals surface area contributed by atoms with Gasteiger partial charge in [0.25, 0.3) is 6.43 Å². The molecule has 1 fully saturated rings. The fourth-order valence-corrected chi connectivity index (χ4v) is 4.31. The number of methoxy groups -OCH3 is 1. The molecule has 1 N–H and O–H groups in total. The van der Waals surface area contributed by atoms with Crippen molar-refractivity contribution in [3.05, 3.63) is 48.8 Å². The number of piperidine rings is 1. The molecule has 4 heterocycles. The van der Waals surface area contributed by atoms with E-state index < -0.39 is 6.43 Å². The highest BCUT2D eigenvalue weighted by Gasteiger charge is 2.23. The first-order valence-electron chi connectivity index (χ1n) is 10.7. The number of anilines is 1. The van der Waals surface area contributed by atoms with Gasteiger partial charge >= 0.3 is 0 Å². The summed E-state index contributed by atoms with van der Waals surface area (Å²) in [6.45, 7) is 1.09. The third-order valence-electron chi connectivity index (χ3n) is 5.90. The molecule has 4 aromatic rings. The summed E-state index contributed by atoms with van der Waals surface area (Å²) in [5.74, 6) is 0.940. The van der Waals surface area contributed by atoms with E-state index in [0.717, 1.165) is 40.4 Å². The van der Waals surface area contributed by atoms with Crippen LogP contribution in [-0.4, -0.2) is 63.7 Å². The zero-order chi connectivity index (χ0) is 22.1. The molecule has 0 amide bonds. The molecule has 5 rings (SSSR count). The number of benzene rings is 1. The summed E-state index contributed by atoms with van der Waals surface area (Å²) in [7, 11) is 1.59. The standard InChI is InChI=1S/C23H24F2N6O/c1-32-22-21-18(15-4-5-19-16(13-15)3-2-9-26-19)8-12-31(21)29-23(28-22)27-17-6-10-30(11-7-17)14-20(24)25/h2-5,8-9,12-13,17,20H,6-7,10-11,14H2,1H3,(H,27,29). The molecule has 166 valence electrons. The van der Waals surface area contributed by atoms with E-state index in [1.807, 2.05) is 36.5 Å². The Morgan fingerprint density at radius 2 is 2.03 bits per heavy atom. The molecule has 1 aliphatic heterocycles. The number of nitrogens with zero attached hydrogens (tertiary/aromatic N) is 5. The van der Waals surface area contributed by atoms with E-state index >= 15 is 0 Å². The summed E-state index contributed by atoms with van der Waals surface area (Å²) in [5, 5.41) is 9.03. The topological polar surface area (TPSA) is 67.6 Å². The average Bonchev–Trinajstić information content (AvgIpc) is 3.23. The molecular weight excluding hydrogens is 414 g/mol. The third-order valence-corrected chi connectivity index (χ3v) is 5.90. The van der Waals surface area contributed by atoms with Crippen LogP contribution in [0.3, 0.4) is 0 Å². The van der Waals surface area contributed by atoms with Crippen LogP contribution in [0, 0.1) is 0 Å². The summed E-state index contributed by atoms with van der Waals surface area (Å²) < 4.78 is 32.6. The van der Waals surface area contributed by atoms with Gasteiger partial charge in [-0.2, -0.15) is 4.98 Å². The lowest BCUT2D eigenvalue weighted by Gasteiger charge is -2.32. The van der Waals surface area contributed by atoms with Crippen molar-refractivity contribution in [2.45, 2.75) is 25.3 Å². The van der Waals surface area contributed by atoms with Crippen LogP contribution >= 0.6 is 0 Å². The monoisotopic (exact) mass is 438 g/mol. The zero-order valence-electron chi connectivity index (χ0n) is 17.7. The second kappa shape index (κ2) is 8.66. The number of aromatic nitrogens is 4. The number of hydrogen-bond acceptors (Lipinski definition) is 6. The van der Waals surface area contributed by atoms with Crippen molar-refractivity contribution in [2.24, 2.45) is 0 Å². The SMILES string of the molecule is COc1nc(NC2CCN(CC(F)F)CC2)nn2ccc(-c3ccc4ncccc4c3)c12. The maximum absolute atomic E-state index is 12.6. The third kappa shape index (κ3) is 4.08. The molecule has 0 atom stereocenters. The van der Waals surface area contributed by atoms with Crippen LogP contribution in [0.5, 0.6) is 5.88 Å². The molecule has 7 nitrogen and oxygen atoms in total. The first-order valence-corrected chi connectivity index (χ1v) is 10.7. The Bertz CT molecular complexity index is 1240. The van der Waals surface area contributed by atoms with Crippen molar-refractivity contribution < 1.29 is 13.5 Å². The fraction of sp³-hybridized carbons (Fsp3) is 0.348. The molecular formula is C23H24F2N6O. The number of fused-ring (bicyclic) bond motifs is 2. The van der Waals surface area contributed by atoms with Crippen LogP contribution in [0.2, 0.25) is 0 Å². The Morgan fingerprint density at radius 3 is 2.81 bits per heavy atom. The maximum Gasteiger partial charge on any atom is 0.251 e. The molecule has 0 radical (unpaired) electrons. The second-order valence-corrected chi connectivity index (χ2v) is 7.99. The van der Waals surface area contributed by atoms with Gasteiger partial charge in [-0.15, -0.1) is 5.10 Å². The summed E-state index contributed by atoms with van der Waals surface area (Å²) >= 11 is 0. The number of hydrogen-bond donors (Lipinski definition) is 1. The minimum atomic E-state index is -2.30. The van der Waals surface area contributed by atoms with Crippen molar-refractivity contribution >= 4 is 22.4 Å². The van der Waals surface area contributed by atoms with Crippen LogP contribution < -0.4 is 10.1 Å². The van der Waals surface area contributed by atoms with E-state index in [0.29, 0.717) is 24.9 Å². The molecule has 1 saturated heterocycles. The molecule has 1 aliphatic rings. The van der Waals surface area contributed by atoms with Crippen LogP contribution in [0.4, 0.5) is 14.7 Å². The molecule has 3 aromatic heterocycles. The average molecular weight is 438 g/mol. The zero-order valence-corrected chi connectivity index (χ0v) is 17.7. The summed E-state index contributed by atoms with van der Waals surface area (Å²) in [5.41, 5.74) is 3.73. The maximum atomic E-state index is 12.6. The van der Waals surface area contributed by atoms with E-state index in [1.54, 1.807) is 22.7 Å². The number of rotatable bonds is 6. The number of ether oxygens (including phenoxy) is 1. The molecule has 0 saturated carbocycles. The molecule has 0 unspecified atom stereocenters. The molecule has 0 aliphatic carbocycles. The van der Waals surface area contributed by atoms with E-state index in [4.69, 9.17) is 4.74 Å². The van der Waals surface area contributed by atoms with Gasteiger partial charge in [-0.1, -0.05) is 12.1 Å². The van der Waals surface area contributed by atoms with Gasteiger partial charge in [0.1, 0.15) is 5.52 Å². The first kappa shape index (κ1) is 20.6. The lowest BCUT2D eigenvalue weighted by molar-refractivity contribution is 0.0769. The Balaban J connectivity index is 1.40. The van der Waals surface area contributed by atoms with Crippen LogP contribution in [0.1, 0.15) is 12.8 Å². The lowest BCUT2D eigenvalue weighted by Crippen LogP contribution is -2.41. The number of likely N-dealkylation sites (tertiary alicyclic amines) is 1. The van der Waals surface area contributed by atoms with Gasteiger partial charge < -0.3 is 10.1 Å². The largest absolute Gasteiger partial charge is 0.479 e. The Morgan fingerprint density at radius 1 is 1.19 bits per heavy atom. The fourth-order valence-electron chi connectivity index (χ4n) is 4.31. The number of alkyl halides is 2. The van der Waals surface area contributed by atoms with Crippen LogP contribution in [0.15, 0.2) is 48.8 Å². The minimum Gasteiger partial charge on any atom is -0.479 e. The highest BCUT2D eigenvalue weighted by Crippen LogP contribution is 2.33. The highest BCUT2D eigenvalue weighted by atomic mass is 19.3. The van der Waals surface area contributed by atoms with Crippen LogP contribution in [0.25, 0.3) is 27.5 Å². The molecule has 1 aromatic carbocycles. The van der Waals surface area contributed by atoms with Gasteiger partial charge in [-0.05, 0) is 42.7 Å². The summed E-state index contributed by atoms with van der Waals surface area (Å²) in [6.07, 6.45) is 2.90. The predicted molar refractivity (Wildman–Crippen MR) is 119 cm³/mol. The van der Waals surface area contributed by atoms with Gasteiger partial charge in [0.2, 0.25) is 11.8 Å². The van der Waals surface area contributed by atoms with E-state index in [-0.39, 0.29) is 12.6 Å². The predicted octanol–water partition coefficient (Wildman–Crippen LogP) is 4.09. The van der Waals surface area contributed by atoms with Crippen molar-refractivity contribution in [2.75, 3.05) is 32.1 Å². The lowest BCUT2D eigenvalue weighted by atomic mass is 10.0. The number of halogens is 2. The van der Waals surface area contributed by atoms with Crippen molar-refractivity contribution in [3.63, 3.8) is 0 Å². The van der Waals surface area contributed by atoms with Gasteiger partial charge in [-0.25, -0.2) is 13.3 Å². The van der Waals surface area contributed by atoms with E-state index in [2.05, 4.69) is 26.4 Å². The molecule has 32 heavy (non-hydrogen) atoms. The van der Waals surface area contributed by atoms with Crippen molar-refractivity contribution in [1.82, 2.24) is 24.5 Å². The summed E-state index contributed by atoms with van der Waals surface area (Å²) in [4.78, 5) is 10.8. The minimum absolute atomic E-state index is 0.133. The number of nitrogens with one attached hydrogen (secondary N) is 1. The van der Waals surface area contributed by atoms with E-state index in [9.17, 15) is 8.78 Å². The Kier molecular flexibility index (Phi) is 5.57. The van der Waals surface area contributed by atoms with Crippen LogP contribution in [-0.2, 0) is 0 Å². The van der Waals surface area contributed by atoms with Gasteiger partial charge in [0.05, 0.1) is 19.2 Å². The number of pyridine rings is 1. The molecule has 0 spiro atoms. The summed E-state index contributed by atoms with van der Waals surface area (Å²) in [6, 6.07) is 12.2. The second-order valence-electron chi connectivity index (χ2n) is 7.99. The van der Waals surface area contributed by atoms with Crippen molar-refractivity contribution in [1.29, 1.82) is 0 Å². The molecule has 0 bridgehead atoms. The smallest absolute Gasteiger partial charge is 0.251 e. The van der Waals surface area contributed by atoms with Gasteiger partial charge in [0, 0.05) is 42.5 Å². The van der Waals surface area contributed by atoms with Gasteiger partial charge in [-0.3, -0.25) is 9.88 Å². The highest BCUT2D eigenvalue weighted by molar-refractivity contribution is 5.90. The van der Waals surface area contributed by atoms with Gasteiger partial charge in [0.15, 0.2) is 0 Å². The quantitative estimate of drug-likeness (QED) is 0.489. The first-order chi connectivity index (χ1) is 15.6. The van der Waals surface area contributed by atoms with E-state index in [1.165, 1.54) is 0 Å². The normalized spacial score (nSPS) is 15.6. The van der Waals surface area contributed by atoms with Crippen molar-refractivity contribution in [3.8, 4) is 17.0 Å². The Hall–Kier alpha value is -3.33. The molecule has 9 heteroatoms.